The molecule has 2 N–H and O–H groups in total. The van der Waals surface area contributed by atoms with Crippen molar-refractivity contribution in [2.45, 2.75) is 12.8 Å². The molecule has 6 nitrogen and oxygen atoms in total. The monoisotopic (exact) mass is 493 g/mol. The van der Waals surface area contributed by atoms with Gasteiger partial charge in [-0.1, -0.05) is 12.1 Å². The molecule has 0 amide bonds. The van der Waals surface area contributed by atoms with Crippen molar-refractivity contribution < 1.29 is 9.13 Å². The van der Waals surface area contributed by atoms with Gasteiger partial charge < -0.3 is 20.3 Å². The predicted molar refractivity (Wildman–Crippen MR) is 121 cm³/mol. The van der Waals surface area contributed by atoms with Crippen LogP contribution in [0.15, 0.2) is 29.3 Å². The van der Waals surface area contributed by atoms with E-state index in [0.717, 1.165) is 76.9 Å². The molecular formula is C19H33FIN5O. The van der Waals surface area contributed by atoms with Crippen LogP contribution in [-0.4, -0.2) is 77.4 Å². The average Bonchev–Trinajstić information content (AvgIpc) is 2.68. The number of nitrogens with zero attached hydrogens (tertiary/aromatic N) is 3. The number of para-hydroxylation sites is 1. The summed E-state index contributed by atoms with van der Waals surface area (Å²) in [4.78, 5) is 8.79. The van der Waals surface area contributed by atoms with E-state index in [4.69, 9.17) is 4.74 Å². The normalized spacial score (nSPS) is 15.4. The number of ether oxygens (including phenoxy) is 1. The summed E-state index contributed by atoms with van der Waals surface area (Å²) in [5, 5.41) is 6.61. The summed E-state index contributed by atoms with van der Waals surface area (Å²) < 4.78 is 18.9. The summed E-state index contributed by atoms with van der Waals surface area (Å²) in [6, 6.07) is 7.03. The number of hydrogen-bond donors (Lipinski definition) is 2. The number of benzene rings is 1. The van der Waals surface area contributed by atoms with Crippen LogP contribution >= 0.6 is 24.0 Å². The van der Waals surface area contributed by atoms with Crippen molar-refractivity contribution in [2.75, 3.05) is 71.5 Å². The Bertz CT molecular complexity index is 553. The van der Waals surface area contributed by atoms with Crippen LogP contribution in [0.1, 0.15) is 12.8 Å². The fourth-order valence-electron chi connectivity index (χ4n) is 3.07. The van der Waals surface area contributed by atoms with E-state index in [-0.39, 0.29) is 29.8 Å². The molecule has 0 saturated carbocycles. The van der Waals surface area contributed by atoms with Gasteiger partial charge in [0, 0.05) is 60.0 Å². The molecule has 1 saturated heterocycles. The fourth-order valence-corrected chi connectivity index (χ4v) is 3.07. The van der Waals surface area contributed by atoms with Gasteiger partial charge in [0.2, 0.25) is 0 Å². The Kier molecular flexibility index (Phi) is 12.4. The molecule has 2 rings (SSSR count). The molecular weight excluding hydrogens is 460 g/mol. The lowest BCUT2D eigenvalue weighted by Crippen LogP contribution is -2.47. The topological polar surface area (TPSA) is 52.1 Å². The van der Waals surface area contributed by atoms with E-state index in [0.29, 0.717) is 0 Å². The number of halogens is 2. The molecule has 1 heterocycles. The first-order valence-corrected chi connectivity index (χ1v) is 9.40. The highest BCUT2D eigenvalue weighted by Gasteiger charge is 2.18. The number of piperazine rings is 1. The van der Waals surface area contributed by atoms with Crippen molar-refractivity contribution in [3.8, 4) is 0 Å². The van der Waals surface area contributed by atoms with Crippen LogP contribution in [0.25, 0.3) is 0 Å². The second kappa shape index (κ2) is 14.0. The van der Waals surface area contributed by atoms with Crippen LogP contribution in [0.4, 0.5) is 10.1 Å². The molecule has 1 aromatic carbocycles. The van der Waals surface area contributed by atoms with E-state index < -0.39 is 0 Å². The number of aliphatic imine (C=N–C) groups is 1. The highest BCUT2D eigenvalue weighted by atomic mass is 127. The lowest BCUT2D eigenvalue weighted by Gasteiger charge is -2.36. The Morgan fingerprint density at radius 2 is 1.78 bits per heavy atom. The van der Waals surface area contributed by atoms with Gasteiger partial charge in [-0.3, -0.25) is 9.89 Å². The van der Waals surface area contributed by atoms with Gasteiger partial charge >= 0.3 is 0 Å². The van der Waals surface area contributed by atoms with Gasteiger partial charge in [0.15, 0.2) is 5.96 Å². The third-order valence-electron chi connectivity index (χ3n) is 4.55. The zero-order chi connectivity index (χ0) is 18.6. The van der Waals surface area contributed by atoms with Crippen LogP contribution in [-0.2, 0) is 4.74 Å². The number of nitrogens with one attached hydrogen (secondary N) is 2. The quantitative estimate of drug-likeness (QED) is 0.239. The molecule has 0 atom stereocenters. The van der Waals surface area contributed by atoms with Crippen molar-refractivity contribution in [3.05, 3.63) is 30.1 Å². The standard InChI is InChI=1S/C19H32FN5O.HI/c1-21-19(23-10-6-16-26-2)22-9-5-11-24-12-14-25(15-13-24)18-8-4-3-7-17(18)20;/h3-4,7-8H,5-6,9-16H2,1-2H3,(H2,21,22,23);1H. The molecule has 1 aliphatic heterocycles. The Morgan fingerprint density at radius 1 is 1.11 bits per heavy atom. The van der Waals surface area contributed by atoms with Crippen molar-refractivity contribution in [1.29, 1.82) is 0 Å². The summed E-state index contributed by atoms with van der Waals surface area (Å²) in [6.07, 6.45) is 2.02. The zero-order valence-corrected chi connectivity index (χ0v) is 18.7. The average molecular weight is 493 g/mol. The Morgan fingerprint density at radius 3 is 2.41 bits per heavy atom. The number of guanidine groups is 1. The minimum Gasteiger partial charge on any atom is -0.385 e. The van der Waals surface area contributed by atoms with Gasteiger partial charge in [-0.05, 0) is 31.5 Å². The molecule has 0 aliphatic carbocycles. The highest BCUT2D eigenvalue weighted by molar-refractivity contribution is 14.0. The van der Waals surface area contributed by atoms with Gasteiger partial charge in [-0.15, -0.1) is 24.0 Å². The van der Waals surface area contributed by atoms with Gasteiger partial charge in [0.25, 0.3) is 0 Å². The maximum Gasteiger partial charge on any atom is 0.190 e. The second-order valence-electron chi connectivity index (χ2n) is 6.41. The summed E-state index contributed by atoms with van der Waals surface area (Å²) in [7, 11) is 3.50. The van der Waals surface area contributed by atoms with E-state index in [2.05, 4.69) is 25.4 Å². The second-order valence-corrected chi connectivity index (χ2v) is 6.41. The van der Waals surface area contributed by atoms with E-state index in [1.54, 1.807) is 20.2 Å². The molecule has 0 spiro atoms. The Balaban J connectivity index is 0.00000364. The van der Waals surface area contributed by atoms with E-state index in [9.17, 15) is 4.39 Å². The zero-order valence-electron chi connectivity index (χ0n) is 16.4. The Labute approximate surface area is 179 Å². The van der Waals surface area contributed by atoms with E-state index in [1.165, 1.54) is 6.07 Å². The first-order valence-electron chi connectivity index (χ1n) is 9.40. The van der Waals surface area contributed by atoms with Gasteiger partial charge in [0.05, 0.1) is 5.69 Å². The van der Waals surface area contributed by atoms with Gasteiger partial charge in [0.1, 0.15) is 5.82 Å². The first kappa shape index (κ1) is 23.9. The molecule has 0 radical (unpaired) electrons. The summed E-state index contributed by atoms with van der Waals surface area (Å²) in [6.45, 7) is 7.22. The van der Waals surface area contributed by atoms with Crippen molar-refractivity contribution in [3.63, 3.8) is 0 Å². The van der Waals surface area contributed by atoms with Crippen LogP contribution in [0.2, 0.25) is 0 Å². The maximum absolute atomic E-state index is 13.9. The summed E-state index contributed by atoms with van der Waals surface area (Å²) in [5.74, 6) is 0.708. The van der Waals surface area contributed by atoms with Crippen molar-refractivity contribution in [2.24, 2.45) is 4.99 Å². The molecule has 1 aromatic rings. The van der Waals surface area contributed by atoms with E-state index >= 15 is 0 Å². The molecule has 0 unspecified atom stereocenters. The maximum atomic E-state index is 13.9. The number of anilines is 1. The summed E-state index contributed by atoms with van der Waals surface area (Å²) >= 11 is 0. The minimum absolute atomic E-state index is 0. The number of hydrogen-bond acceptors (Lipinski definition) is 4. The molecule has 154 valence electrons. The number of rotatable bonds is 9. The summed E-state index contributed by atoms with van der Waals surface area (Å²) in [5.41, 5.74) is 0.720. The van der Waals surface area contributed by atoms with E-state index in [1.807, 2.05) is 12.1 Å². The van der Waals surface area contributed by atoms with Gasteiger partial charge in [-0.25, -0.2) is 4.39 Å². The highest BCUT2D eigenvalue weighted by Crippen LogP contribution is 2.20. The lowest BCUT2D eigenvalue weighted by atomic mass is 10.2. The third kappa shape index (κ3) is 8.61. The lowest BCUT2D eigenvalue weighted by molar-refractivity contribution is 0.195. The van der Waals surface area contributed by atoms with Crippen LogP contribution < -0.4 is 15.5 Å². The Hall–Kier alpha value is -1.13. The molecule has 0 bridgehead atoms. The third-order valence-corrected chi connectivity index (χ3v) is 4.55. The van der Waals surface area contributed by atoms with Crippen LogP contribution in [0.5, 0.6) is 0 Å². The van der Waals surface area contributed by atoms with Gasteiger partial charge in [-0.2, -0.15) is 0 Å². The number of methoxy groups -OCH3 is 1. The van der Waals surface area contributed by atoms with Crippen molar-refractivity contribution >= 4 is 35.6 Å². The predicted octanol–water partition coefficient (Wildman–Crippen LogP) is 2.16. The van der Waals surface area contributed by atoms with Crippen molar-refractivity contribution in [1.82, 2.24) is 15.5 Å². The molecule has 27 heavy (non-hydrogen) atoms. The molecule has 1 fully saturated rings. The molecule has 1 aliphatic rings. The minimum atomic E-state index is -0.130. The fraction of sp³-hybridized carbons (Fsp3) is 0.632. The largest absolute Gasteiger partial charge is 0.385 e. The smallest absolute Gasteiger partial charge is 0.190 e. The van der Waals surface area contributed by atoms with Crippen LogP contribution in [0.3, 0.4) is 0 Å². The SMILES string of the molecule is CN=C(NCCCOC)NCCCN1CCN(c2ccccc2F)CC1.I. The van der Waals surface area contributed by atoms with Crippen LogP contribution in [0, 0.1) is 5.82 Å². The first-order chi connectivity index (χ1) is 12.7. The molecule has 0 aromatic heterocycles. The molecule has 8 heteroatoms.